The van der Waals surface area contributed by atoms with Crippen LogP contribution in [0.1, 0.15) is 37.2 Å². The molecule has 0 bridgehead atoms. The van der Waals surface area contributed by atoms with E-state index in [2.05, 4.69) is 34.0 Å². The molecule has 2 atom stereocenters. The van der Waals surface area contributed by atoms with E-state index in [1.807, 2.05) is 12.1 Å². The Morgan fingerprint density at radius 1 is 1.11 bits per heavy atom. The molecule has 1 aliphatic rings. The first-order chi connectivity index (χ1) is 17.1. The SMILES string of the molecule is C[C@H]1CN(Cc2ccc(F)c(-c3ccnc(CCCc4ccc(S(C)(=O)=O)c(O)c4)n3)c2)[C@@H](C)CN1. The monoisotopic (exact) mass is 512 g/mol. The van der Waals surface area contributed by atoms with Crippen LogP contribution >= 0.6 is 0 Å². The van der Waals surface area contributed by atoms with Crippen LogP contribution in [0.5, 0.6) is 5.75 Å². The minimum Gasteiger partial charge on any atom is -0.507 e. The Hall–Kier alpha value is -2.88. The number of rotatable bonds is 8. The van der Waals surface area contributed by atoms with E-state index in [-0.39, 0.29) is 16.5 Å². The Bertz CT molecular complexity index is 1330. The molecule has 192 valence electrons. The summed E-state index contributed by atoms with van der Waals surface area (Å²) >= 11 is 0. The summed E-state index contributed by atoms with van der Waals surface area (Å²) in [5.41, 5.74) is 2.89. The van der Waals surface area contributed by atoms with Gasteiger partial charge >= 0.3 is 0 Å². The highest BCUT2D eigenvalue weighted by molar-refractivity contribution is 7.90. The molecular formula is C27H33FN4O3S. The summed E-state index contributed by atoms with van der Waals surface area (Å²) in [6.07, 6.45) is 4.60. The van der Waals surface area contributed by atoms with Crippen LogP contribution in [-0.2, 0) is 29.2 Å². The Morgan fingerprint density at radius 3 is 2.64 bits per heavy atom. The van der Waals surface area contributed by atoms with Gasteiger partial charge in [0.1, 0.15) is 22.3 Å². The van der Waals surface area contributed by atoms with Crippen molar-refractivity contribution in [2.24, 2.45) is 0 Å². The summed E-state index contributed by atoms with van der Waals surface area (Å²) in [5, 5.41) is 13.5. The zero-order chi connectivity index (χ0) is 25.9. The number of hydrogen-bond donors (Lipinski definition) is 2. The number of phenols is 1. The fourth-order valence-electron chi connectivity index (χ4n) is 4.57. The molecule has 2 heterocycles. The van der Waals surface area contributed by atoms with Gasteiger partial charge in [-0.15, -0.1) is 0 Å². The van der Waals surface area contributed by atoms with Gasteiger partial charge < -0.3 is 10.4 Å². The smallest absolute Gasteiger partial charge is 0.179 e. The second-order valence-electron chi connectivity index (χ2n) is 9.69. The van der Waals surface area contributed by atoms with Crippen LogP contribution in [0.15, 0.2) is 53.6 Å². The summed E-state index contributed by atoms with van der Waals surface area (Å²) < 4.78 is 38.1. The standard InChI is InChI=1S/C27H33FN4O3S/c1-18-16-32(19(2)15-30-18)17-21-7-9-23(28)22(13-21)24-11-12-29-27(31-24)6-4-5-20-8-10-26(25(33)14-20)36(3,34)35/h7-14,18-19,30,33H,4-6,15-17H2,1-3H3/t18-,19-/m0/s1. The van der Waals surface area contributed by atoms with Gasteiger partial charge in [-0.3, -0.25) is 4.90 Å². The Labute approximate surface area is 212 Å². The third kappa shape index (κ3) is 6.46. The van der Waals surface area contributed by atoms with Gasteiger partial charge in [-0.05, 0) is 68.1 Å². The highest BCUT2D eigenvalue weighted by Gasteiger charge is 2.22. The predicted octanol–water partition coefficient (Wildman–Crippen LogP) is 3.75. The minimum absolute atomic E-state index is 0.0764. The number of aryl methyl sites for hydroxylation is 2. The zero-order valence-electron chi connectivity index (χ0n) is 20.9. The molecule has 3 aromatic rings. The maximum absolute atomic E-state index is 14.8. The van der Waals surface area contributed by atoms with Gasteiger partial charge in [-0.25, -0.2) is 22.8 Å². The topological polar surface area (TPSA) is 95.4 Å². The van der Waals surface area contributed by atoms with Gasteiger partial charge in [0.25, 0.3) is 0 Å². The molecule has 0 aliphatic carbocycles. The molecule has 0 saturated carbocycles. The number of hydrogen-bond acceptors (Lipinski definition) is 7. The molecule has 36 heavy (non-hydrogen) atoms. The number of nitrogens with zero attached hydrogens (tertiary/aromatic N) is 3. The van der Waals surface area contributed by atoms with Gasteiger partial charge in [0.15, 0.2) is 9.84 Å². The zero-order valence-corrected chi connectivity index (χ0v) is 21.7. The summed E-state index contributed by atoms with van der Waals surface area (Å²) in [5.74, 6) is 0.0543. The molecular weight excluding hydrogens is 479 g/mol. The second-order valence-corrected chi connectivity index (χ2v) is 11.7. The number of sulfone groups is 1. The number of phenolic OH excluding ortho intramolecular Hbond substituents is 1. The van der Waals surface area contributed by atoms with E-state index in [9.17, 15) is 17.9 Å². The van der Waals surface area contributed by atoms with Crippen molar-refractivity contribution in [3.05, 3.63) is 71.4 Å². The molecule has 1 saturated heterocycles. The lowest BCUT2D eigenvalue weighted by molar-refractivity contribution is 0.139. The third-order valence-electron chi connectivity index (χ3n) is 6.58. The van der Waals surface area contributed by atoms with Crippen molar-refractivity contribution in [3.8, 4) is 17.0 Å². The van der Waals surface area contributed by atoms with Crippen molar-refractivity contribution in [2.45, 2.75) is 56.6 Å². The Kier molecular flexibility index (Phi) is 8.02. The highest BCUT2D eigenvalue weighted by atomic mass is 32.2. The molecule has 1 fully saturated rings. The Balaban J connectivity index is 1.43. The number of halogens is 1. The van der Waals surface area contributed by atoms with Crippen molar-refractivity contribution >= 4 is 9.84 Å². The fraction of sp³-hybridized carbons (Fsp3) is 0.407. The maximum Gasteiger partial charge on any atom is 0.179 e. The fourth-order valence-corrected chi connectivity index (χ4v) is 5.33. The van der Waals surface area contributed by atoms with Crippen molar-refractivity contribution in [2.75, 3.05) is 19.3 Å². The van der Waals surface area contributed by atoms with Crippen LogP contribution < -0.4 is 5.32 Å². The molecule has 2 aromatic carbocycles. The first-order valence-electron chi connectivity index (χ1n) is 12.2. The van der Waals surface area contributed by atoms with Crippen LogP contribution in [0.2, 0.25) is 0 Å². The van der Waals surface area contributed by atoms with Gasteiger partial charge in [-0.2, -0.15) is 0 Å². The van der Waals surface area contributed by atoms with E-state index in [4.69, 9.17) is 0 Å². The summed E-state index contributed by atoms with van der Waals surface area (Å²) in [7, 11) is -3.47. The third-order valence-corrected chi connectivity index (χ3v) is 7.72. The van der Waals surface area contributed by atoms with Gasteiger partial charge in [0.05, 0.1) is 5.69 Å². The molecule has 1 aliphatic heterocycles. The van der Waals surface area contributed by atoms with Gasteiger partial charge in [0.2, 0.25) is 0 Å². The van der Waals surface area contributed by atoms with E-state index in [1.54, 1.807) is 18.3 Å². The molecule has 0 amide bonds. The van der Waals surface area contributed by atoms with E-state index >= 15 is 0 Å². The number of benzene rings is 2. The van der Waals surface area contributed by atoms with Crippen LogP contribution in [0, 0.1) is 5.82 Å². The average Bonchev–Trinajstić information content (AvgIpc) is 2.82. The molecule has 1 aromatic heterocycles. The number of nitrogens with one attached hydrogen (secondary N) is 1. The number of aromatic nitrogens is 2. The first-order valence-corrected chi connectivity index (χ1v) is 14.1. The molecule has 2 N–H and O–H groups in total. The Morgan fingerprint density at radius 2 is 1.89 bits per heavy atom. The summed E-state index contributed by atoms with van der Waals surface area (Å²) in [4.78, 5) is 11.3. The number of aromatic hydroxyl groups is 1. The molecule has 7 nitrogen and oxygen atoms in total. The first kappa shape index (κ1) is 26.2. The lowest BCUT2D eigenvalue weighted by Gasteiger charge is -2.37. The summed E-state index contributed by atoms with van der Waals surface area (Å²) in [6, 6.07) is 12.4. The van der Waals surface area contributed by atoms with E-state index < -0.39 is 9.84 Å². The van der Waals surface area contributed by atoms with Gasteiger partial charge in [-0.1, -0.05) is 12.1 Å². The molecule has 9 heteroatoms. The molecule has 0 radical (unpaired) electrons. The summed E-state index contributed by atoms with van der Waals surface area (Å²) in [6.45, 7) is 7.00. The van der Waals surface area contributed by atoms with Gasteiger partial charge in [0, 0.05) is 56.2 Å². The van der Waals surface area contributed by atoms with Crippen LogP contribution in [0.25, 0.3) is 11.3 Å². The van der Waals surface area contributed by atoms with Crippen molar-refractivity contribution in [3.63, 3.8) is 0 Å². The van der Waals surface area contributed by atoms with E-state index in [1.165, 1.54) is 18.2 Å². The quantitative estimate of drug-likeness (QED) is 0.475. The van der Waals surface area contributed by atoms with Crippen LogP contribution in [-0.4, -0.2) is 59.8 Å². The van der Waals surface area contributed by atoms with Crippen molar-refractivity contribution < 1.29 is 17.9 Å². The lowest BCUT2D eigenvalue weighted by Crippen LogP contribution is -2.53. The normalized spacial score (nSPS) is 18.9. The molecule has 0 unspecified atom stereocenters. The minimum atomic E-state index is -3.47. The van der Waals surface area contributed by atoms with Crippen LogP contribution in [0.3, 0.4) is 0 Å². The molecule has 4 rings (SSSR count). The second kappa shape index (κ2) is 11.0. The predicted molar refractivity (Wildman–Crippen MR) is 138 cm³/mol. The van der Waals surface area contributed by atoms with E-state index in [0.717, 1.165) is 37.0 Å². The largest absolute Gasteiger partial charge is 0.507 e. The molecule has 0 spiro atoms. The average molecular weight is 513 g/mol. The number of piperazine rings is 1. The van der Waals surface area contributed by atoms with Crippen molar-refractivity contribution in [1.82, 2.24) is 20.2 Å². The maximum atomic E-state index is 14.8. The van der Waals surface area contributed by atoms with Crippen molar-refractivity contribution in [1.29, 1.82) is 0 Å². The highest BCUT2D eigenvalue weighted by Crippen LogP contribution is 2.26. The van der Waals surface area contributed by atoms with E-state index in [0.29, 0.717) is 48.4 Å². The lowest BCUT2D eigenvalue weighted by atomic mass is 10.0. The van der Waals surface area contributed by atoms with Crippen LogP contribution in [0.4, 0.5) is 4.39 Å².